The highest BCUT2D eigenvalue weighted by molar-refractivity contribution is 7.93. The Morgan fingerprint density at radius 2 is 2.60 bits per heavy atom. The Hall–Kier alpha value is -0.0600. The summed E-state index contributed by atoms with van der Waals surface area (Å²) in [5, 5.41) is 0. The van der Waals surface area contributed by atoms with Gasteiger partial charge in [-0.15, -0.1) is 0 Å². The molecule has 0 aromatic heterocycles. The molecule has 0 heterocycles. The van der Waals surface area contributed by atoms with Gasteiger partial charge in [0, 0.05) is 6.72 Å². The van der Waals surface area contributed by atoms with E-state index in [1.165, 1.54) is 0 Å². The van der Waals surface area contributed by atoms with E-state index in [1.807, 2.05) is 0 Å². The van der Waals surface area contributed by atoms with E-state index in [0.29, 0.717) is 0 Å². The maximum atomic E-state index is 4.47. The molecule has 3 nitrogen and oxygen atoms in total. The first-order valence-corrected chi connectivity index (χ1v) is 1.60. The van der Waals surface area contributed by atoms with Crippen molar-refractivity contribution in [1.29, 1.82) is 0 Å². The van der Waals surface area contributed by atoms with Crippen molar-refractivity contribution in [3.8, 4) is 0 Å². The average molecular weight is 92.1 g/mol. The van der Waals surface area contributed by atoms with Crippen molar-refractivity contribution in [2.24, 2.45) is 10.3 Å². The van der Waals surface area contributed by atoms with Crippen LogP contribution < -0.4 is 5.90 Å². The van der Waals surface area contributed by atoms with Crippen molar-refractivity contribution in [1.82, 2.24) is 0 Å². The molecule has 0 atom stereocenters. The second kappa shape index (κ2) is 3.94. The molecule has 0 bridgehead atoms. The molecule has 0 aliphatic carbocycles. The zero-order chi connectivity index (χ0) is 4.12. The summed E-state index contributed by atoms with van der Waals surface area (Å²) >= 11 is 0.755. The van der Waals surface area contributed by atoms with Gasteiger partial charge in [0.25, 0.3) is 0 Å². The molecule has 0 spiro atoms. The fraction of sp³-hybridized carbons (Fsp3) is 0. The van der Waals surface area contributed by atoms with E-state index < -0.39 is 0 Å². The molecular weight excluding hydrogens is 88.1 g/mol. The van der Waals surface area contributed by atoms with Crippen LogP contribution in [0.1, 0.15) is 0 Å². The Balaban J connectivity index is 2.40. The molecule has 0 aromatic carbocycles. The minimum absolute atomic E-state index is 0.755. The molecule has 0 fully saturated rings. The molecule has 2 N–H and O–H groups in total. The fourth-order valence-corrected chi connectivity index (χ4v) is 0.0913. The third-order valence-electron chi connectivity index (χ3n) is 0.0957. The molecule has 0 aliphatic rings. The highest BCUT2D eigenvalue weighted by Crippen LogP contribution is 1.92. The first-order valence-electron chi connectivity index (χ1n) is 0.901. The summed E-state index contributed by atoms with van der Waals surface area (Å²) in [5.74, 6) is 4.47. The van der Waals surface area contributed by atoms with E-state index in [2.05, 4.69) is 21.3 Å². The molecule has 0 aliphatic heterocycles. The Morgan fingerprint density at radius 1 is 2.00 bits per heavy atom. The van der Waals surface area contributed by atoms with Crippen LogP contribution in [0.3, 0.4) is 0 Å². The standard InChI is InChI=1S/CH4N2OS/c1-3-5-4-2/h1-2H2. The van der Waals surface area contributed by atoms with Gasteiger partial charge in [-0.3, -0.25) is 0 Å². The van der Waals surface area contributed by atoms with Gasteiger partial charge in [0.15, 0.2) is 12.2 Å². The number of hydrogen-bond acceptors (Lipinski definition) is 4. The minimum Gasteiger partial charge on any atom is -0.210 e. The van der Waals surface area contributed by atoms with Crippen LogP contribution in [0.5, 0.6) is 0 Å². The Kier molecular flexibility index (Phi) is 3.89. The third-order valence-corrected chi connectivity index (χ3v) is 0.287. The highest BCUT2D eigenvalue weighted by atomic mass is 32.2. The van der Waals surface area contributed by atoms with Gasteiger partial charge in [0.1, 0.15) is 0 Å². The van der Waals surface area contributed by atoms with Crippen molar-refractivity contribution < 1.29 is 4.28 Å². The number of nitrogens with zero attached hydrogens (tertiary/aromatic N) is 1. The normalized spacial score (nSPS) is 7.40. The van der Waals surface area contributed by atoms with E-state index >= 15 is 0 Å². The van der Waals surface area contributed by atoms with Gasteiger partial charge in [0.2, 0.25) is 0 Å². The predicted molar refractivity (Wildman–Crippen MR) is 22.4 cm³/mol. The van der Waals surface area contributed by atoms with Crippen LogP contribution in [0.15, 0.2) is 4.40 Å². The summed E-state index contributed by atoms with van der Waals surface area (Å²) in [7, 11) is 0. The van der Waals surface area contributed by atoms with Crippen LogP contribution in [-0.4, -0.2) is 6.72 Å². The molecule has 0 saturated carbocycles. The zero-order valence-electron chi connectivity index (χ0n) is 2.55. The van der Waals surface area contributed by atoms with Crippen LogP contribution in [0.4, 0.5) is 0 Å². The summed E-state index contributed by atoms with van der Waals surface area (Å²) < 4.78 is 7.05. The lowest BCUT2D eigenvalue weighted by molar-refractivity contribution is 0.399. The molecule has 0 saturated heterocycles. The van der Waals surface area contributed by atoms with Crippen LogP contribution >= 0.6 is 12.2 Å². The van der Waals surface area contributed by atoms with Gasteiger partial charge in [-0.1, -0.05) is 0 Å². The Labute approximate surface area is 34.5 Å². The SMILES string of the molecule is C=NSON. The molecule has 0 radical (unpaired) electrons. The smallest absolute Gasteiger partial charge is 0.156 e. The maximum Gasteiger partial charge on any atom is 0.156 e. The molecule has 0 aromatic rings. The highest BCUT2D eigenvalue weighted by Gasteiger charge is 1.61. The van der Waals surface area contributed by atoms with E-state index in [0.717, 1.165) is 12.2 Å². The van der Waals surface area contributed by atoms with Crippen molar-refractivity contribution in [2.45, 2.75) is 0 Å². The van der Waals surface area contributed by atoms with Gasteiger partial charge in [-0.2, -0.15) is 0 Å². The van der Waals surface area contributed by atoms with Crippen LogP contribution in [0.2, 0.25) is 0 Å². The second-order valence-corrected chi connectivity index (χ2v) is 0.900. The summed E-state index contributed by atoms with van der Waals surface area (Å²) in [6.45, 7) is 3.06. The van der Waals surface area contributed by atoms with Crippen LogP contribution in [0, 0.1) is 0 Å². The van der Waals surface area contributed by atoms with Crippen molar-refractivity contribution in [2.75, 3.05) is 0 Å². The Morgan fingerprint density at radius 3 is 2.60 bits per heavy atom. The summed E-state index contributed by atoms with van der Waals surface area (Å²) in [6.07, 6.45) is 0. The third kappa shape index (κ3) is 3.94. The average Bonchev–Trinajstić information content (AvgIpc) is 1.41. The number of rotatable bonds is 2. The molecule has 0 unspecified atom stereocenters. The number of hydrogen-bond donors (Lipinski definition) is 1. The first kappa shape index (κ1) is 4.94. The van der Waals surface area contributed by atoms with Gasteiger partial charge in [-0.25, -0.2) is 14.6 Å². The van der Waals surface area contributed by atoms with Gasteiger partial charge < -0.3 is 0 Å². The molecule has 0 rings (SSSR count). The largest absolute Gasteiger partial charge is 0.210 e. The number of nitrogens with two attached hydrogens (primary N) is 1. The molecule has 30 valence electrons. The lowest BCUT2D eigenvalue weighted by Gasteiger charge is -1.75. The molecule has 4 heteroatoms. The molecule has 5 heavy (non-hydrogen) atoms. The van der Waals surface area contributed by atoms with Gasteiger partial charge in [0.05, 0.1) is 0 Å². The van der Waals surface area contributed by atoms with E-state index in [-0.39, 0.29) is 0 Å². The first-order chi connectivity index (χ1) is 2.41. The topological polar surface area (TPSA) is 47.6 Å². The fourth-order valence-electron chi connectivity index (χ4n) is 0.0304. The van der Waals surface area contributed by atoms with Crippen molar-refractivity contribution in [3.63, 3.8) is 0 Å². The van der Waals surface area contributed by atoms with E-state index in [1.54, 1.807) is 0 Å². The quantitative estimate of drug-likeness (QED) is 0.228. The van der Waals surface area contributed by atoms with Crippen LogP contribution in [-0.2, 0) is 4.28 Å². The van der Waals surface area contributed by atoms with Crippen molar-refractivity contribution >= 4 is 18.9 Å². The van der Waals surface area contributed by atoms with E-state index in [4.69, 9.17) is 0 Å². The molecular formula is CH4N2OS. The molecule has 0 amide bonds. The Bertz CT molecular complexity index is 30.8. The predicted octanol–water partition coefficient (Wildman–Crippen LogP) is 0.141. The van der Waals surface area contributed by atoms with Crippen LogP contribution in [0.25, 0.3) is 0 Å². The minimum atomic E-state index is 0.755. The lowest BCUT2D eigenvalue weighted by atomic mass is 11.8. The second-order valence-electron chi connectivity index (χ2n) is 0.300. The summed E-state index contributed by atoms with van der Waals surface area (Å²) in [5.41, 5.74) is 0. The maximum absolute atomic E-state index is 4.47. The summed E-state index contributed by atoms with van der Waals surface area (Å²) in [6, 6.07) is 0. The van der Waals surface area contributed by atoms with Gasteiger partial charge in [-0.05, 0) is 0 Å². The van der Waals surface area contributed by atoms with Crippen molar-refractivity contribution in [3.05, 3.63) is 0 Å². The monoisotopic (exact) mass is 92.0 g/mol. The zero-order valence-corrected chi connectivity index (χ0v) is 3.36. The summed E-state index contributed by atoms with van der Waals surface area (Å²) in [4.78, 5) is 0. The van der Waals surface area contributed by atoms with Gasteiger partial charge >= 0.3 is 0 Å². The van der Waals surface area contributed by atoms with E-state index in [9.17, 15) is 0 Å². The lowest BCUT2D eigenvalue weighted by Crippen LogP contribution is -1.83.